The Morgan fingerprint density at radius 2 is 2.12 bits per heavy atom. The Morgan fingerprint density at radius 1 is 1.42 bits per heavy atom. The van der Waals surface area contributed by atoms with Gasteiger partial charge in [0.25, 0.3) is 5.91 Å². The van der Waals surface area contributed by atoms with Crippen molar-refractivity contribution in [3.05, 3.63) is 34.7 Å². The Kier molecular flexibility index (Phi) is 6.77. The molecule has 2 N–H and O–H groups in total. The van der Waals surface area contributed by atoms with Gasteiger partial charge in [-0.15, -0.1) is 0 Å². The van der Waals surface area contributed by atoms with Crippen molar-refractivity contribution in [3.8, 4) is 5.75 Å². The summed E-state index contributed by atoms with van der Waals surface area (Å²) in [5.41, 5.74) is 0.872. The van der Waals surface area contributed by atoms with E-state index in [2.05, 4.69) is 5.32 Å². The van der Waals surface area contributed by atoms with Gasteiger partial charge in [-0.1, -0.05) is 36.1 Å². The zero-order valence-corrected chi connectivity index (χ0v) is 14.8. The number of rotatable bonds is 7. The standard InChI is InChI=1S/C16H18N2O4S2/c1-22-12-4-2-11(3-5-12)10-13-15(21)18(16(23)24-13)8-6-14(20)17-7-9-19/h2-5,10,19H,6-9H2,1H3,(H,17,20)/b13-10+. The lowest BCUT2D eigenvalue weighted by atomic mass is 10.2. The number of aliphatic hydroxyl groups excluding tert-OH is 1. The van der Waals surface area contributed by atoms with Gasteiger partial charge in [0.2, 0.25) is 5.91 Å². The van der Waals surface area contributed by atoms with Gasteiger partial charge in [0.1, 0.15) is 10.1 Å². The van der Waals surface area contributed by atoms with Crippen LogP contribution >= 0.6 is 24.0 Å². The van der Waals surface area contributed by atoms with Gasteiger partial charge in [0.05, 0.1) is 18.6 Å². The van der Waals surface area contributed by atoms with Gasteiger partial charge in [0, 0.05) is 19.5 Å². The van der Waals surface area contributed by atoms with Crippen molar-refractivity contribution in [2.45, 2.75) is 6.42 Å². The van der Waals surface area contributed by atoms with E-state index in [1.807, 2.05) is 24.3 Å². The minimum atomic E-state index is -0.225. The van der Waals surface area contributed by atoms with E-state index in [0.29, 0.717) is 9.23 Å². The second-order valence-electron chi connectivity index (χ2n) is 4.93. The van der Waals surface area contributed by atoms with E-state index < -0.39 is 0 Å². The van der Waals surface area contributed by atoms with Crippen molar-refractivity contribution in [1.29, 1.82) is 0 Å². The third-order valence-corrected chi connectivity index (χ3v) is 4.66. The minimum Gasteiger partial charge on any atom is -0.497 e. The summed E-state index contributed by atoms with van der Waals surface area (Å²) in [5, 5.41) is 11.2. The first-order valence-electron chi connectivity index (χ1n) is 7.32. The molecule has 2 rings (SSSR count). The maximum absolute atomic E-state index is 12.4. The van der Waals surface area contributed by atoms with E-state index in [-0.39, 0.29) is 37.9 Å². The summed E-state index contributed by atoms with van der Waals surface area (Å²) in [6, 6.07) is 7.34. The Balaban J connectivity index is 1.99. The molecule has 1 heterocycles. The SMILES string of the molecule is COc1ccc(/C=C2/SC(=S)N(CCC(=O)NCCO)C2=O)cc1. The monoisotopic (exact) mass is 366 g/mol. The quantitative estimate of drug-likeness (QED) is 0.561. The Hall–Kier alpha value is -1.90. The van der Waals surface area contributed by atoms with Gasteiger partial charge in [-0.3, -0.25) is 14.5 Å². The lowest BCUT2D eigenvalue weighted by Crippen LogP contribution is -2.34. The summed E-state index contributed by atoms with van der Waals surface area (Å²) in [5.74, 6) is 0.321. The predicted octanol–water partition coefficient (Wildman–Crippen LogP) is 1.39. The highest BCUT2D eigenvalue weighted by Crippen LogP contribution is 2.32. The molecule has 8 heteroatoms. The normalized spacial score (nSPS) is 15.9. The van der Waals surface area contributed by atoms with E-state index in [0.717, 1.165) is 11.3 Å². The van der Waals surface area contributed by atoms with Crippen LogP contribution in [0, 0.1) is 0 Å². The molecule has 1 aromatic carbocycles. The zero-order valence-electron chi connectivity index (χ0n) is 13.2. The highest BCUT2D eigenvalue weighted by atomic mass is 32.2. The zero-order chi connectivity index (χ0) is 17.5. The highest BCUT2D eigenvalue weighted by molar-refractivity contribution is 8.26. The number of amides is 2. The van der Waals surface area contributed by atoms with Gasteiger partial charge in [-0.25, -0.2) is 0 Å². The van der Waals surface area contributed by atoms with Crippen molar-refractivity contribution in [2.75, 3.05) is 26.8 Å². The molecule has 0 bridgehead atoms. The summed E-state index contributed by atoms with van der Waals surface area (Å²) >= 11 is 6.45. The van der Waals surface area contributed by atoms with Gasteiger partial charge in [-0.05, 0) is 23.8 Å². The number of aliphatic hydroxyl groups is 1. The summed E-state index contributed by atoms with van der Waals surface area (Å²) < 4.78 is 5.54. The second kappa shape index (κ2) is 8.81. The average molecular weight is 366 g/mol. The van der Waals surface area contributed by atoms with Crippen LogP contribution in [0.5, 0.6) is 5.75 Å². The van der Waals surface area contributed by atoms with Crippen LogP contribution in [-0.4, -0.2) is 52.9 Å². The summed E-state index contributed by atoms with van der Waals surface area (Å²) in [6.07, 6.45) is 1.91. The fraction of sp³-hybridized carbons (Fsp3) is 0.312. The number of hydrogen-bond acceptors (Lipinski definition) is 6. The molecule has 0 atom stereocenters. The molecule has 2 amide bonds. The van der Waals surface area contributed by atoms with Gasteiger partial charge in [0.15, 0.2) is 0 Å². The molecular formula is C16H18N2O4S2. The van der Waals surface area contributed by atoms with Gasteiger partial charge < -0.3 is 15.2 Å². The number of nitrogens with one attached hydrogen (secondary N) is 1. The van der Waals surface area contributed by atoms with Crippen molar-refractivity contribution in [1.82, 2.24) is 10.2 Å². The van der Waals surface area contributed by atoms with Gasteiger partial charge >= 0.3 is 0 Å². The van der Waals surface area contributed by atoms with Crippen molar-refractivity contribution >= 4 is 46.2 Å². The van der Waals surface area contributed by atoms with E-state index >= 15 is 0 Å². The molecule has 1 fully saturated rings. The molecule has 0 aromatic heterocycles. The van der Waals surface area contributed by atoms with E-state index in [1.54, 1.807) is 13.2 Å². The number of hydrogen-bond donors (Lipinski definition) is 2. The van der Waals surface area contributed by atoms with Crippen LogP contribution in [0.25, 0.3) is 6.08 Å². The molecule has 0 radical (unpaired) electrons. The maximum atomic E-state index is 12.4. The third kappa shape index (κ3) is 4.80. The van der Waals surface area contributed by atoms with Crippen LogP contribution in [0.3, 0.4) is 0 Å². The Morgan fingerprint density at radius 3 is 2.75 bits per heavy atom. The van der Waals surface area contributed by atoms with Crippen molar-refractivity contribution in [2.24, 2.45) is 0 Å². The van der Waals surface area contributed by atoms with Crippen LogP contribution in [0.4, 0.5) is 0 Å². The lowest BCUT2D eigenvalue weighted by molar-refractivity contribution is -0.123. The first kappa shape index (κ1) is 18.4. The fourth-order valence-corrected chi connectivity index (χ4v) is 3.35. The molecule has 0 aliphatic carbocycles. The molecular weight excluding hydrogens is 348 g/mol. The summed E-state index contributed by atoms with van der Waals surface area (Å²) in [7, 11) is 1.59. The average Bonchev–Trinajstić information content (AvgIpc) is 2.85. The van der Waals surface area contributed by atoms with Crippen LogP contribution in [-0.2, 0) is 9.59 Å². The molecule has 1 aliphatic heterocycles. The Bertz CT molecular complexity index is 659. The smallest absolute Gasteiger partial charge is 0.266 e. The molecule has 24 heavy (non-hydrogen) atoms. The predicted molar refractivity (Wildman–Crippen MR) is 97.6 cm³/mol. The highest BCUT2D eigenvalue weighted by Gasteiger charge is 2.31. The number of ether oxygens (including phenoxy) is 1. The topological polar surface area (TPSA) is 78.9 Å². The number of benzene rings is 1. The molecule has 1 aliphatic rings. The van der Waals surface area contributed by atoms with Gasteiger partial charge in [-0.2, -0.15) is 0 Å². The van der Waals surface area contributed by atoms with Crippen molar-refractivity contribution in [3.63, 3.8) is 0 Å². The number of carbonyl (C=O) groups is 2. The fourth-order valence-electron chi connectivity index (χ4n) is 2.04. The minimum absolute atomic E-state index is 0.114. The number of methoxy groups -OCH3 is 1. The maximum Gasteiger partial charge on any atom is 0.266 e. The van der Waals surface area contributed by atoms with Crippen LogP contribution in [0.15, 0.2) is 29.2 Å². The van der Waals surface area contributed by atoms with E-state index in [1.165, 1.54) is 16.7 Å². The number of carbonyl (C=O) groups excluding carboxylic acids is 2. The molecule has 1 saturated heterocycles. The number of thiocarbonyl (C=S) groups is 1. The molecule has 6 nitrogen and oxygen atoms in total. The third-order valence-electron chi connectivity index (χ3n) is 3.28. The molecule has 0 spiro atoms. The number of nitrogens with zero attached hydrogens (tertiary/aromatic N) is 1. The molecule has 1 aromatic rings. The first-order chi connectivity index (χ1) is 11.5. The Labute approximate surface area is 149 Å². The van der Waals surface area contributed by atoms with E-state index in [9.17, 15) is 9.59 Å². The van der Waals surface area contributed by atoms with Crippen LogP contribution < -0.4 is 10.1 Å². The largest absolute Gasteiger partial charge is 0.497 e. The molecule has 0 saturated carbocycles. The summed E-state index contributed by atoms with van der Waals surface area (Å²) in [6.45, 7) is 0.313. The van der Waals surface area contributed by atoms with Crippen LogP contribution in [0.2, 0.25) is 0 Å². The second-order valence-corrected chi connectivity index (χ2v) is 6.61. The first-order valence-corrected chi connectivity index (χ1v) is 8.54. The molecule has 0 unspecified atom stereocenters. The van der Waals surface area contributed by atoms with Crippen molar-refractivity contribution < 1.29 is 19.4 Å². The van der Waals surface area contributed by atoms with E-state index in [4.69, 9.17) is 22.1 Å². The molecule has 128 valence electrons. The summed E-state index contributed by atoms with van der Waals surface area (Å²) in [4.78, 5) is 25.9. The van der Waals surface area contributed by atoms with Crippen LogP contribution in [0.1, 0.15) is 12.0 Å². The lowest BCUT2D eigenvalue weighted by Gasteiger charge is -2.13. The number of thioether (sulfide) groups is 1.